The Morgan fingerprint density at radius 3 is 2.93 bits per heavy atom. The fraction of sp³-hybridized carbons (Fsp3) is 0.476. The van der Waals surface area contributed by atoms with Crippen molar-refractivity contribution in [1.82, 2.24) is 20.1 Å². The van der Waals surface area contributed by atoms with Crippen molar-refractivity contribution >= 4 is 23.8 Å². The molecule has 0 radical (unpaired) electrons. The molecule has 1 saturated heterocycles. The van der Waals surface area contributed by atoms with Crippen molar-refractivity contribution < 1.29 is 0 Å². The van der Waals surface area contributed by atoms with Crippen LogP contribution in [0.1, 0.15) is 37.9 Å². The number of nitrogens with one attached hydrogen (secondary N) is 1. The first-order valence-corrected chi connectivity index (χ1v) is 11.0. The summed E-state index contributed by atoms with van der Waals surface area (Å²) in [7, 11) is 0. The predicted molar refractivity (Wildman–Crippen MR) is 118 cm³/mol. The van der Waals surface area contributed by atoms with E-state index in [-0.39, 0.29) is 0 Å². The summed E-state index contributed by atoms with van der Waals surface area (Å²) >= 11 is 1.70. The van der Waals surface area contributed by atoms with Crippen LogP contribution in [0.2, 0.25) is 0 Å². The van der Waals surface area contributed by atoms with Crippen molar-refractivity contribution in [3.05, 3.63) is 35.2 Å². The van der Waals surface area contributed by atoms with Crippen LogP contribution in [0.5, 0.6) is 0 Å². The van der Waals surface area contributed by atoms with E-state index in [2.05, 4.69) is 58.7 Å². The number of nitrogens with zero attached hydrogens (tertiary/aromatic N) is 4. The third-order valence-corrected chi connectivity index (χ3v) is 5.75. The lowest BCUT2D eigenvalue weighted by molar-refractivity contribution is 0.226. The first-order valence-electron chi connectivity index (χ1n) is 9.82. The molecule has 0 bridgehead atoms. The van der Waals surface area contributed by atoms with Crippen LogP contribution in [0, 0.1) is 6.92 Å². The van der Waals surface area contributed by atoms with Crippen LogP contribution in [-0.4, -0.2) is 52.0 Å². The van der Waals surface area contributed by atoms with E-state index >= 15 is 0 Å². The highest BCUT2D eigenvalue weighted by Gasteiger charge is 2.20. The SMILES string of the molecule is CCN1CCCC(Nc2nnc(-c3ccc(C)cc3SC)c(C=C(C)N)n2)C1. The van der Waals surface area contributed by atoms with Gasteiger partial charge in [0.05, 0.1) is 5.69 Å². The van der Waals surface area contributed by atoms with Gasteiger partial charge in [-0.25, -0.2) is 4.98 Å². The minimum absolute atomic E-state index is 0.346. The minimum Gasteiger partial charge on any atom is -0.402 e. The molecule has 0 saturated carbocycles. The molecule has 1 aromatic carbocycles. The Bertz CT molecular complexity index is 847. The van der Waals surface area contributed by atoms with Gasteiger partial charge in [0.15, 0.2) is 0 Å². The predicted octanol–water partition coefficient (Wildman–Crippen LogP) is 3.78. The lowest BCUT2D eigenvalue weighted by Crippen LogP contribution is -2.42. The molecule has 28 heavy (non-hydrogen) atoms. The number of allylic oxidation sites excluding steroid dienone is 1. The van der Waals surface area contributed by atoms with Crippen LogP contribution >= 0.6 is 11.8 Å². The summed E-state index contributed by atoms with van der Waals surface area (Å²) in [4.78, 5) is 8.37. The van der Waals surface area contributed by atoms with Gasteiger partial charge in [-0.3, -0.25) is 0 Å². The maximum absolute atomic E-state index is 5.98. The highest BCUT2D eigenvalue weighted by atomic mass is 32.2. The summed E-state index contributed by atoms with van der Waals surface area (Å²) in [5, 5.41) is 12.4. The van der Waals surface area contributed by atoms with Crippen molar-refractivity contribution in [3.63, 3.8) is 0 Å². The zero-order valence-corrected chi connectivity index (χ0v) is 18.0. The van der Waals surface area contributed by atoms with Crippen LogP contribution in [0.3, 0.4) is 0 Å². The van der Waals surface area contributed by atoms with Crippen LogP contribution in [0.25, 0.3) is 17.3 Å². The number of aryl methyl sites for hydroxylation is 1. The topological polar surface area (TPSA) is 80.0 Å². The van der Waals surface area contributed by atoms with E-state index in [4.69, 9.17) is 10.7 Å². The Labute approximate surface area is 172 Å². The summed E-state index contributed by atoms with van der Waals surface area (Å²) in [5.74, 6) is 0.567. The second-order valence-electron chi connectivity index (χ2n) is 7.34. The summed E-state index contributed by atoms with van der Waals surface area (Å²) in [6, 6.07) is 6.69. The quantitative estimate of drug-likeness (QED) is 0.717. The number of rotatable bonds is 6. The van der Waals surface area contributed by atoms with Crippen LogP contribution in [0.15, 0.2) is 28.8 Å². The molecule has 2 heterocycles. The normalized spacial score (nSPS) is 18.3. The molecule has 1 atom stereocenters. The zero-order valence-electron chi connectivity index (χ0n) is 17.2. The molecule has 150 valence electrons. The third kappa shape index (κ3) is 5.02. The van der Waals surface area contributed by atoms with Gasteiger partial charge in [-0.15, -0.1) is 22.0 Å². The van der Waals surface area contributed by atoms with E-state index in [9.17, 15) is 0 Å². The molecule has 7 heteroatoms. The van der Waals surface area contributed by atoms with Crippen molar-refractivity contribution in [2.45, 2.75) is 44.6 Å². The van der Waals surface area contributed by atoms with E-state index < -0.39 is 0 Å². The molecule has 1 fully saturated rings. The zero-order chi connectivity index (χ0) is 20.1. The monoisotopic (exact) mass is 398 g/mol. The summed E-state index contributed by atoms with van der Waals surface area (Å²) in [6.45, 7) is 9.41. The van der Waals surface area contributed by atoms with Crippen molar-refractivity contribution in [1.29, 1.82) is 0 Å². The van der Waals surface area contributed by atoms with E-state index in [0.717, 1.165) is 47.9 Å². The lowest BCUT2D eigenvalue weighted by atomic mass is 10.1. The molecule has 6 nitrogen and oxygen atoms in total. The van der Waals surface area contributed by atoms with Gasteiger partial charge in [-0.05, 0) is 63.7 Å². The Hall–Kier alpha value is -2.12. The molecule has 0 aliphatic carbocycles. The van der Waals surface area contributed by atoms with Gasteiger partial charge < -0.3 is 16.0 Å². The Morgan fingerprint density at radius 1 is 1.39 bits per heavy atom. The Morgan fingerprint density at radius 2 is 2.21 bits per heavy atom. The maximum atomic E-state index is 5.98. The van der Waals surface area contributed by atoms with Gasteiger partial charge in [-0.1, -0.05) is 19.1 Å². The number of benzene rings is 1. The molecule has 1 aliphatic heterocycles. The van der Waals surface area contributed by atoms with Gasteiger partial charge >= 0.3 is 0 Å². The van der Waals surface area contributed by atoms with Crippen LogP contribution in [-0.2, 0) is 0 Å². The van der Waals surface area contributed by atoms with Gasteiger partial charge in [0, 0.05) is 28.7 Å². The molecule has 0 spiro atoms. The summed E-state index contributed by atoms with van der Waals surface area (Å²) < 4.78 is 0. The number of nitrogens with two attached hydrogens (primary N) is 1. The van der Waals surface area contributed by atoms with Crippen molar-refractivity contribution in [3.8, 4) is 11.3 Å². The number of hydrogen-bond acceptors (Lipinski definition) is 7. The molecule has 0 amide bonds. The van der Waals surface area contributed by atoms with E-state index in [1.54, 1.807) is 11.8 Å². The molecule has 2 aromatic rings. The fourth-order valence-electron chi connectivity index (χ4n) is 3.54. The first kappa shape index (κ1) is 20.6. The minimum atomic E-state index is 0.346. The standard InChI is InChI=1S/C21H30N6S/c1-5-27-10-6-7-16(13-27)23-21-24-18(12-15(3)22)20(25-26-21)17-9-8-14(2)11-19(17)28-4/h8-9,11-12,16H,5-7,10,13,22H2,1-4H3,(H,23,24,26). The molecule has 3 N–H and O–H groups in total. The second-order valence-corrected chi connectivity index (χ2v) is 8.19. The van der Waals surface area contributed by atoms with Crippen molar-refractivity contribution in [2.24, 2.45) is 5.73 Å². The maximum Gasteiger partial charge on any atom is 0.243 e. The molecule has 1 aliphatic rings. The molecular formula is C21H30N6S. The van der Waals surface area contributed by atoms with Gasteiger partial charge in [0.2, 0.25) is 5.95 Å². The number of thioether (sulfide) groups is 1. The molecule has 1 unspecified atom stereocenters. The second kappa shape index (κ2) is 9.39. The first-order chi connectivity index (χ1) is 13.5. The molecular weight excluding hydrogens is 368 g/mol. The average Bonchev–Trinajstić information content (AvgIpc) is 2.68. The summed E-state index contributed by atoms with van der Waals surface area (Å²) in [6.07, 6.45) is 6.25. The Balaban J connectivity index is 1.93. The smallest absolute Gasteiger partial charge is 0.243 e. The summed E-state index contributed by atoms with van der Waals surface area (Å²) in [5.41, 5.74) is 10.4. The van der Waals surface area contributed by atoms with E-state index in [0.29, 0.717) is 17.7 Å². The largest absolute Gasteiger partial charge is 0.402 e. The lowest BCUT2D eigenvalue weighted by Gasteiger charge is -2.32. The number of aromatic nitrogens is 3. The number of anilines is 1. The van der Waals surface area contributed by atoms with Gasteiger partial charge in [-0.2, -0.15) is 0 Å². The molecule has 3 rings (SSSR count). The molecule has 1 aromatic heterocycles. The highest BCUT2D eigenvalue weighted by molar-refractivity contribution is 7.98. The average molecular weight is 399 g/mol. The van der Waals surface area contributed by atoms with Crippen molar-refractivity contribution in [2.75, 3.05) is 31.2 Å². The number of piperidine rings is 1. The van der Waals surface area contributed by atoms with Gasteiger partial charge in [0.25, 0.3) is 0 Å². The Kier molecular flexibility index (Phi) is 6.91. The third-order valence-electron chi connectivity index (χ3n) is 4.98. The fourth-order valence-corrected chi connectivity index (χ4v) is 4.23. The number of likely N-dealkylation sites (N-methyl/N-ethyl adjacent to an activating group) is 1. The van der Waals surface area contributed by atoms with Crippen LogP contribution < -0.4 is 11.1 Å². The highest BCUT2D eigenvalue weighted by Crippen LogP contribution is 2.32. The van der Waals surface area contributed by atoms with Crippen LogP contribution in [0.4, 0.5) is 5.95 Å². The number of hydrogen-bond donors (Lipinski definition) is 2. The van der Waals surface area contributed by atoms with E-state index in [1.165, 1.54) is 12.0 Å². The van der Waals surface area contributed by atoms with Gasteiger partial charge in [0.1, 0.15) is 5.69 Å². The van der Waals surface area contributed by atoms with E-state index in [1.807, 2.05) is 13.0 Å². The number of likely N-dealkylation sites (tertiary alicyclic amines) is 1.